The van der Waals surface area contributed by atoms with Crippen LogP contribution in [0.1, 0.15) is 26.7 Å². The molecule has 1 aliphatic rings. The van der Waals surface area contributed by atoms with Crippen molar-refractivity contribution in [2.24, 2.45) is 5.73 Å². The van der Waals surface area contributed by atoms with Crippen molar-refractivity contribution >= 4 is 0 Å². The smallest absolute Gasteiger partial charge is 0.0431 e. The molecule has 1 aliphatic heterocycles. The van der Waals surface area contributed by atoms with Crippen molar-refractivity contribution in [3.8, 4) is 0 Å². The third-order valence-corrected chi connectivity index (χ3v) is 3.61. The Kier molecular flexibility index (Phi) is 5.69. The van der Waals surface area contributed by atoms with E-state index in [-0.39, 0.29) is 5.54 Å². The molecular formula is C12H27N3O. The third-order valence-electron chi connectivity index (χ3n) is 3.61. The van der Waals surface area contributed by atoms with Crippen molar-refractivity contribution in [2.45, 2.75) is 32.2 Å². The summed E-state index contributed by atoms with van der Waals surface area (Å²) in [6, 6.07) is 0. The first-order chi connectivity index (χ1) is 7.60. The molecule has 1 fully saturated rings. The van der Waals surface area contributed by atoms with Crippen LogP contribution in [0.4, 0.5) is 0 Å². The molecule has 4 nitrogen and oxygen atoms in total. The van der Waals surface area contributed by atoms with E-state index >= 15 is 0 Å². The van der Waals surface area contributed by atoms with Crippen molar-refractivity contribution in [3.05, 3.63) is 0 Å². The fourth-order valence-corrected chi connectivity index (χ4v) is 2.15. The van der Waals surface area contributed by atoms with Crippen molar-refractivity contribution in [3.63, 3.8) is 0 Å². The Labute approximate surface area is 99.4 Å². The molecule has 1 heterocycles. The second-order valence-corrected chi connectivity index (χ2v) is 5.28. The Morgan fingerprint density at radius 1 is 1.12 bits per heavy atom. The molecule has 0 aromatic rings. The molecule has 0 spiro atoms. The number of nitrogens with zero attached hydrogens (tertiary/aromatic N) is 2. The summed E-state index contributed by atoms with van der Waals surface area (Å²) in [7, 11) is 0. The van der Waals surface area contributed by atoms with Gasteiger partial charge in [-0.3, -0.25) is 4.90 Å². The summed E-state index contributed by atoms with van der Waals surface area (Å²) < 4.78 is 0. The number of hydrogen-bond acceptors (Lipinski definition) is 4. The summed E-state index contributed by atoms with van der Waals surface area (Å²) in [5.41, 5.74) is 5.92. The molecule has 0 unspecified atom stereocenters. The highest BCUT2D eigenvalue weighted by atomic mass is 16.2. The number of hydrogen-bond donors (Lipinski definition) is 2. The highest BCUT2D eigenvalue weighted by Crippen LogP contribution is 2.15. The highest BCUT2D eigenvalue weighted by Gasteiger charge is 2.28. The zero-order valence-electron chi connectivity index (χ0n) is 10.8. The van der Waals surface area contributed by atoms with Gasteiger partial charge < -0.3 is 15.7 Å². The van der Waals surface area contributed by atoms with E-state index in [1.54, 1.807) is 0 Å². The molecule has 0 amide bonds. The van der Waals surface area contributed by atoms with Crippen LogP contribution in [0.15, 0.2) is 0 Å². The Bertz CT molecular complexity index is 189. The Morgan fingerprint density at radius 3 is 2.25 bits per heavy atom. The standard InChI is InChI=1S/C12H27N3O/c1-12(2,11-13)15-8-6-14(7-9-15)5-3-4-10-16/h16H,3-11,13H2,1-2H3. The molecule has 96 valence electrons. The van der Waals surface area contributed by atoms with Crippen molar-refractivity contribution in [2.75, 3.05) is 45.9 Å². The average molecular weight is 229 g/mol. The van der Waals surface area contributed by atoms with Gasteiger partial charge in [0.1, 0.15) is 0 Å². The van der Waals surface area contributed by atoms with Gasteiger partial charge >= 0.3 is 0 Å². The fourth-order valence-electron chi connectivity index (χ4n) is 2.15. The van der Waals surface area contributed by atoms with Crippen LogP contribution in [0.5, 0.6) is 0 Å². The SMILES string of the molecule is CC(C)(CN)N1CCN(CCCCO)CC1. The first-order valence-electron chi connectivity index (χ1n) is 6.38. The van der Waals surface area contributed by atoms with Crippen molar-refractivity contribution in [1.29, 1.82) is 0 Å². The molecule has 0 bridgehead atoms. The molecule has 0 aliphatic carbocycles. The molecule has 0 atom stereocenters. The number of rotatable bonds is 6. The number of piperazine rings is 1. The maximum atomic E-state index is 8.74. The van der Waals surface area contributed by atoms with Crippen molar-refractivity contribution in [1.82, 2.24) is 9.80 Å². The number of nitrogens with two attached hydrogens (primary N) is 1. The lowest BCUT2D eigenvalue weighted by Gasteiger charge is -2.43. The van der Waals surface area contributed by atoms with Crippen LogP contribution in [0.25, 0.3) is 0 Å². The van der Waals surface area contributed by atoms with E-state index in [2.05, 4.69) is 23.6 Å². The van der Waals surface area contributed by atoms with E-state index in [1.807, 2.05) is 0 Å². The number of aliphatic hydroxyl groups excluding tert-OH is 1. The first-order valence-corrected chi connectivity index (χ1v) is 6.38. The second-order valence-electron chi connectivity index (χ2n) is 5.28. The fraction of sp³-hybridized carbons (Fsp3) is 1.00. The maximum Gasteiger partial charge on any atom is 0.0431 e. The van der Waals surface area contributed by atoms with Gasteiger partial charge in [-0.25, -0.2) is 0 Å². The Morgan fingerprint density at radius 2 is 1.75 bits per heavy atom. The summed E-state index contributed by atoms with van der Waals surface area (Å²) >= 11 is 0. The topological polar surface area (TPSA) is 52.7 Å². The highest BCUT2D eigenvalue weighted by molar-refractivity contribution is 4.86. The van der Waals surface area contributed by atoms with Gasteiger partial charge in [0.2, 0.25) is 0 Å². The van der Waals surface area contributed by atoms with Gasteiger partial charge in [0.15, 0.2) is 0 Å². The van der Waals surface area contributed by atoms with E-state index in [0.717, 1.165) is 52.1 Å². The number of aliphatic hydroxyl groups is 1. The first kappa shape index (κ1) is 13.9. The monoisotopic (exact) mass is 229 g/mol. The van der Waals surface area contributed by atoms with Gasteiger partial charge in [-0.2, -0.15) is 0 Å². The minimum Gasteiger partial charge on any atom is -0.396 e. The van der Waals surface area contributed by atoms with E-state index in [0.29, 0.717) is 6.61 Å². The minimum absolute atomic E-state index is 0.136. The van der Waals surface area contributed by atoms with Gasteiger partial charge in [0.05, 0.1) is 0 Å². The van der Waals surface area contributed by atoms with Gasteiger partial charge in [-0.05, 0) is 33.2 Å². The van der Waals surface area contributed by atoms with Crippen LogP contribution < -0.4 is 5.73 Å². The minimum atomic E-state index is 0.136. The van der Waals surface area contributed by atoms with E-state index in [1.165, 1.54) is 0 Å². The van der Waals surface area contributed by atoms with Crippen molar-refractivity contribution < 1.29 is 5.11 Å². The zero-order chi connectivity index (χ0) is 12.0. The summed E-state index contributed by atoms with van der Waals surface area (Å²) in [5.74, 6) is 0. The summed E-state index contributed by atoms with van der Waals surface area (Å²) in [6.45, 7) is 11.1. The predicted molar refractivity (Wildman–Crippen MR) is 67.5 cm³/mol. The van der Waals surface area contributed by atoms with Crippen LogP contribution >= 0.6 is 0 Å². The van der Waals surface area contributed by atoms with E-state index in [9.17, 15) is 0 Å². The van der Waals surface area contributed by atoms with Crippen LogP contribution in [0, 0.1) is 0 Å². The molecule has 1 rings (SSSR count). The molecular weight excluding hydrogens is 202 g/mol. The lowest BCUT2D eigenvalue weighted by molar-refractivity contribution is 0.0557. The van der Waals surface area contributed by atoms with E-state index < -0.39 is 0 Å². The van der Waals surface area contributed by atoms with Crippen LogP contribution in [-0.2, 0) is 0 Å². The molecule has 0 aromatic heterocycles. The lowest BCUT2D eigenvalue weighted by Crippen LogP contribution is -2.57. The summed E-state index contributed by atoms with van der Waals surface area (Å²) in [5, 5.41) is 8.74. The molecule has 0 saturated carbocycles. The average Bonchev–Trinajstić information content (AvgIpc) is 2.30. The lowest BCUT2D eigenvalue weighted by atomic mass is 10.0. The molecule has 0 radical (unpaired) electrons. The number of unbranched alkanes of at least 4 members (excludes halogenated alkanes) is 1. The van der Waals surface area contributed by atoms with Gasteiger partial charge in [-0.15, -0.1) is 0 Å². The molecule has 0 aromatic carbocycles. The van der Waals surface area contributed by atoms with Gasteiger partial charge in [0.25, 0.3) is 0 Å². The van der Waals surface area contributed by atoms with E-state index in [4.69, 9.17) is 10.8 Å². The maximum absolute atomic E-state index is 8.74. The second kappa shape index (κ2) is 6.55. The van der Waals surface area contributed by atoms with Crippen LogP contribution in [-0.4, -0.2) is 66.3 Å². The predicted octanol–water partition coefficient (Wildman–Crippen LogP) is 0.114. The van der Waals surface area contributed by atoms with Crippen LogP contribution in [0.2, 0.25) is 0 Å². The summed E-state index contributed by atoms with van der Waals surface area (Å²) in [6.07, 6.45) is 2.03. The summed E-state index contributed by atoms with van der Waals surface area (Å²) in [4.78, 5) is 4.97. The van der Waals surface area contributed by atoms with Gasteiger partial charge in [0, 0.05) is 44.9 Å². The normalized spacial score (nSPS) is 20.2. The van der Waals surface area contributed by atoms with Gasteiger partial charge in [-0.1, -0.05) is 0 Å². The van der Waals surface area contributed by atoms with Crippen LogP contribution in [0.3, 0.4) is 0 Å². The molecule has 4 heteroatoms. The third kappa shape index (κ3) is 4.01. The molecule has 3 N–H and O–H groups in total. The largest absolute Gasteiger partial charge is 0.396 e. The zero-order valence-corrected chi connectivity index (χ0v) is 10.8. The molecule has 1 saturated heterocycles. The molecule has 16 heavy (non-hydrogen) atoms. The Hall–Kier alpha value is -0.160. The Balaban J connectivity index is 2.23. The quantitative estimate of drug-likeness (QED) is 0.635.